The fourth-order valence-electron chi connectivity index (χ4n) is 2.12. The van der Waals surface area contributed by atoms with E-state index in [1.54, 1.807) is 15.8 Å². The molecule has 1 aliphatic heterocycles. The van der Waals surface area contributed by atoms with Crippen molar-refractivity contribution in [3.63, 3.8) is 0 Å². The average molecular weight is 250 g/mol. The quantitative estimate of drug-likeness (QED) is 0.791. The highest BCUT2D eigenvalue weighted by atomic mass is 16.2. The lowest BCUT2D eigenvalue weighted by Crippen LogP contribution is -2.34. The van der Waals surface area contributed by atoms with Gasteiger partial charge in [-0.1, -0.05) is 0 Å². The summed E-state index contributed by atoms with van der Waals surface area (Å²) in [6.07, 6.45) is 3.89. The summed E-state index contributed by atoms with van der Waals surface area (Å²) in [5, 5.41) is 6.90. The third-order valence-electron chi connectivity index (χ3n) is 3.17. The first kappa shape index (κ1) is 12.6. The molecular weight excluding hydrogens is 232 g/mol. The van der Waals surface area contributed by atoms with Crippen LogP contribution in [0.2, 0.25) is 0 Å². The molecule has 98 valence electrons. The molecule has 6 heteroatoms. The number of carbonyl (C=O) groups excluding carboxylic acids is 2. The molecule has 1 unspecified atom stereocenters. The molecule has 1 N–H and O–H groups in total. The molecule has 0 saturated carbocycles. The molecule has 1 aromatic heterocycles. The maximum Gasteiger partial charge on any atom is 0.225 e. The summed E-state index contributed by atoms with van der Waals surface area (Å²) >= 11 is 0. The molecule has 2 amide bonds. The summed E-state index contributed by atoms with van der Waals surface area (Å²) in [5.74, 6) is -0.161. The molecule has 0 aliphatic carbocycles. The molecule has 1 saturated heterocycles. The number of carbonyl (C=O) groups is 2. The molecule has 0 bridgehead atoms. The Bertz CT molecular complexity index is 416. The third-order valence-corrected chi connectivity index (χ3v) is 3.17. The predicted octanol–water partition coefficient (Wildman–Crippen LogP) is -0.132. The van der Waals surface area contributed by atoms with Gasteiger partial charge in [0.05, 0.1) is 12.5 Å². The largest absolute Gasteiger partial charge is 0.354 e. The highest BCUT2D eigenvalue weighted by Crippen LogP contribution is 2.17. The first-order chi connectivity index (χ1) is 8.70. The lowest BCUT2D eigenvalue weighted by Gasteiger charge is -2.13. The van der Waals surface area contributed by atoms with Crippen molar-refractivity contribution in [2.24, 2.45) is 5.92 Å². The van der Waals surface area contributed by atoms with Crippen molar-refractivity contribution in [1.29, 1.82) is 0 Å². The van der Waals surface area contributed by atoms with Gasteiger partial charge in [-0.15, -0.1) is 0 Å². The van der Waals surface area contributed by atoms with Crippen LogP contribution in [0.15, 0.2) is 18.5 Å². The number of hydrogen-bond donors (Lipinski definition) is 1. The molecule has 1 atom stereocenters. The highest BCUT2D eigenvalue weighted by molar-refractivity contribution is 5.89. The summed E-state index contributed by atoms with van der Waals surface area (Å²) < 4.78 is 1.76. The molecule has 0 aromatic carbocycles. The van der Waals surface area contributed by atoms with Crippen molar-refractivity contribution < 1.29 is 9.59 Å². The summed E-state index contributed by atoms with van der Waals surface area (Å²) in [4.78, 5) is 25.1. The maximum absolute atomic E-state index is 11.9. The fraction of sp³-hybridized carbons (Fsp3) is 0.583. The third kappa shape index (κ3) is 2.88. The van der Waals surface area contributed by atoms with E-state index in [1.807, 2.05) is 19.2 Å². The second-order valence-electron chi connectivity index (χ2n) is 4.39. The van der Waals surface area contributed by atoms with Crippen molar-refractivity contribution in [3.05, 3.63) is 18.5 Å². The minimum Gasteiger partial charge on any atom is -0.354 e. The molecule has 0 spiro atoms. The molecule has 1 fully saturated rings. The zero-order chi connectivity index (χ0) is 13.0. The normalized spacial score (nSPS) is 19.3. The standard InChI is InChI=1S/C12H18N4O2/c1-2-15-9-10(8-11(15)17)12(18)13-5-7-16-6-3-4-14-16/h3-4,6,10H,2,5,7-9H2,1H3,(H,13,18). The Balaban J connectivity index is 1.74. The van der Waals surface area contributed by atoms with Gasteiger partial charge in [-0.05, 0) is 13.0 Å². The SMILES string of the molecule is CCN1CC(C(=O)NCCn2cccn2)CC1=O. The van der Waals surface area contributed by atoms with Gasteiger partial charge >= 0.3 is 0 Å². The predicted molar refractivity (Wildman–Crippen MR) is 65.6 cm³/mol. The number of nitrogens with one attached hydrogen (secondary N) is 1. The number of amides is 2. The van der Waals surface area contributed by atoms with E-state index in [4.69, 9.17) is 0 Å². The molecule has 2 heterocycles. The van der Waals surface area contributed by atoms with Crippen molar-refractivity contribution in [1.82, 2.24) is 20.0 Å². The maximum atomic E-state index is 11.9. The molecule has 6 nitrogen and oxygen atoms in total. The first-order valence-corrected chi connectivity index (χ1v) is 6.23. The lowest BCUT2D eigenvalue weighted by molar-refractivity contribution is -0.128. The van der Waals surface area contributed by atoms with Crippen LogP contribution in [0.1, 0.15) is 13.3 Å². The monoisotopic (exact) mass is 250 g/mol. The Labute approximate surface area is 106 Å². The smallest absolute Gasteiger partial charge is 0.225 e. The van der Waals surface area contributed by atoms with Crippen LogP contribution in [0.25, 0.3) is 0 Å². The van der Waals surface area contributed by atoms with Crippen LogP contribution in [0.3, 0.4) is 0 Å². The molecule has 1 aromatic rings. The molecule has 0 radical (unpaired) electrons. The van der Waals surface area contributed by atoms with E-state index >= 15 is 0 Å². The molecular formula is C12H18N4O2. The first-order valence-electron chi connectivity index (χ1n) is 6.23. The zero-order valence-electron chi connectivity index (χ0n) is 10.5. The lowest BCUT2D eigenvalue weighted by atomic mass is 10.1. The van der Waals surface area contributed by atoms with E-state index in [9.17, 15) is 9.59 Å². The van der Waals surface area contributed by atoms with Gasteiger partial charge in [0.1, 0.15) is 0 Å². The Kier molecular flexibility index (Phi) is 3.96. The van der Waals surface area contributed by atoms with E-state index in [2.05, 4.69) is 10.4 Å². The van der Waals surface area contributed by atoms with Gasteiger partial charge in [0.25, 0.3) is 0 Å². The van der Waals surface area contributed by atoms with Crippen LogP contribution in [0, 0.1) is 5.92 Å². The minimum absolute atomic E-state index is 0.0357. The number of rotatable bonds is 5. The number of likely N-dealkylation sites (tertiary alicyclic amines) is 1. The summed E-state index contributed by atoms with van der Waals surface area (Å²) in [5.41, 5.74) is 0. The number of aromatic nitrogens is 2. The Morgan fingerprint density at radius 3 is 3.06 bits per heavy atom. The summed E-state index contributed by atoms with van der Waals surface area (Å²) in [6, 6.07) is 1.84. The van der Waals surface area contributed by atoms with Gasteiger partial charge in [0, 0.05) is 38.4 Å². The Hall–Kier alpha value is -1.85. The fourth-order valence-corrected chi connectivity index (χ4v) is 2.12. The molecule has 1 aliphatic rings. The van der Waals surface area contributed by atoms with Gasteiger partial charge < -0.3 is 10.2 Å². The van der Waals surface area contributed by atoms with Gasteiger partial charge in [0.15, 0.2) is 0 Å². The van der Waals surface area contributed by atoms with E-state index in [0.717, 1.165) is 0 Å². The minimum atomic E-state index is -0.199. The van der Waals surface area contributed by atoms with Crippen LogP contribution in [0.5, 0.6) is 0 Å². The van der Waals surface area contributed by atoms with Gasteiger partial charge in [-0.25, -0.2) is 0 Å². The number of nitrogens with zero attached hydrogens (tertiary/aromatic N) is 3. The van der Waals surface area contributed by atoms with Crippen LogP contribution in [-0.4, -0.2) is 46.1 Å². The highest BCUT2D eigenvalue weighted by Gasteiger charge is 2.32. The van der Waals surface area contributed by atoms with E-state index in [0.29, 0.717) is 32.6 Å². The average Bonchev–Trinajstić information content (AvgIpc) is 2.98. The summed E-state index contributed by atoms with van der Waals surface area (Å²) in [6.45, 7) is 4.34. The van der Waals surface area contributed by atoms with Crippen LogP contribution >= 0.6 is 0 Å². The molecule has 18 heavy (non-hydrogen) atoms. The second-order valence-corrected chi connectivity index (χ2v) is 4.39. The van der Waals surface area contributed by atoms with Crippen molar-refractivity contribution >= 4 is 11.8 Å². The van der Waals surface area contributed by atoms with Gasteiger partial charge in [-0.3, -0.25) is 14.3 Å². The van der Waals surface area contributed by atoms with Crippen LogP contribution in [0.4, 0.5) is 0 Å². The van der Waals surface area contributed by atoms with Crippen LogP contribution in [-0.2, 0) is 16.1 Å². The van der Waals surface area contributed by atoms with Gasteiger partial charge in [-0.2, -0.15) is 5.10 Å². The van der Waals surface area contributed by atoms with E-state index in [1.165, 1.54) is 0 Å². The zero-order valence-corrected chi connectivity index (χ0v) is 10.5. The second kappa shape index (κ2) is 5.66. The Morgan fingerprint density at radius 2 is 2.44 bits per heavy atom. The van der Waals surface area contributed by atoms with Crippen LogP contribution < -0.4 is 5.32 Å². The Morgan fingerprint density at radius 1 is 1.61 bits per heavy atom. The van der Waals surface area contributed by atoms with Crippen molar-refractivity contribution in [3.8, 4) is 0 Å². The molecule has 2 rings (SSSR count). The van der Waals surface area contributed by atoms with Crippen molar-refractivity contribution in [2.75, 3.05) is 19.6 Å². The topological polar surface area (TPSA) is 67.2 Å². The van der Waals surface area contributed by atoms with Crippen molar-refractivity contribution in [2.45, 2.75) is 19.9 Å². The van der Waals surface area contributed by atoms with E-state index in [-0.39, 0.29) is 17.7 Å². The summed E-state index contributed by atoms with van der Waals surface area (Å²) in [7, 11) is 0. The number of hydrogen-bond acceptors (Lipinski definition) is 3. The van der Waals surface area contributed by atoms with Gasteiger partial charge in [0.2, 0.25) is 11.8 Å². The van der Waals surface area contributed by atoms with E-state index < -0.39 is 0 Å².